The van der Waals surface area contributed by atoms with Gasteiger partial charge in [-0.05, 0) is 24.5 Å². The summed E-state index contributed by atoms with van der Waals surface area (Å²) < 4.78 is 25.8. The monoisotopic (exact) mass is 498 g/mol. The van der Waals surface area contributed by atoms with Crippen molar-refractivity contribution in [2.75, 3.05) is 0 Å². The number of carbonyl (C=O) groups is 1. The van der Waals surface area contributed by atoms with Crippen molar-refractivity contribution in [3.05, 3.63) is 42.5 Å². The highest BCUT2D eigenvalue weighted by Crippen LogP contribution is 2.18. The van der Waals surface area contributed by atoms with Crippen molar-refractivity contribution >= 4 is 16.1 Å². The van der Waals surface area contributed by atoms with Gasteiger partial charge in [-0.15, -0.1) is 10.9 Å². The first kappa shape index (κ1) is 32.3. The number of aliphatic carboxylic acids is 1. The van der Waals surface area contributed by atoms with Crippen LogP contribution in [0, 0.1) is 0 Å². The van der Waals surface area contributed by atoms with E-state index in [1.165, 1.54) is 89.5 Å². The summed E-state index contributed by atoms with van der Waals surface area (Å²) in [6.07, 6.45) is 22.2. The quantitative estimate of drug-likeness (QED) is 0.0819. The average molecular weight is 499 g/mol. The molecule has 0 unspecified atom stereocenters. The SMILES string of the molecule is C=CCc1ccccc1S(=O)(=O)OO.CCCCCCCCCCCCCCCCCC(=O)O. The van der Waals surface area contributed by atoms with E-state index in [4.69, 9.17) is 10.4 Å². The van der Waals surface area contributed by atoms with Gasteiger partial charge >= 0.3 is 16.1 Å². The summed E-state index contributed by atoms with van der Waals surface area (Å²) in [5, 5.41) is 16.7. The van der Waals surface area contributed by atoms with Crippen LogP contribution in [-0.4, -0.2) is 24.8 Å². The Kier molecular flexibility index (Phi) is 20.7. The molecule has 0 spiro atoms. The molecule has 0 saturated heterocycles. The zero-order valence-electron chi connectivity index (χ0n) is 21.1. The van der Waals surface area contributed by atoms with Crippen LogP contribution in [0.25, 0.3) is 0 Å². The van der Waals surface area contributed by atoms with E-state index in [0.717, 1.165) is 12.8 Å². The van der Waals surface area contributed by atoms with E-state index in [1.54, 1.807) is 24.3 Å². The molecule has 0 fully saturated rings. The summed E-state index contributed by atoms with van der Waals surface area (Å²) in [5.41, 5.74) is 0.538. The summed E-state index contributed by atoms with van der Waals surface area (Å²) in [7, 11) is -4.04. The number of carboxylic acids is 1. The molecule has 1 aromatic rings. The Balaban J connectivity index is 0.000000679. The molecule has 0 atom stereocenters. The predicted octanol–water partition coefficient (Wildman–Crippen LogP) is 7.93. The second-order valence-corrected chi connectivity index (χ2v) is 10.2. The first-order chi connectivity index (χ1) is 16.4. The fourth-order valence-corrected chi connectivity index (χ4v) is 4.56. The molecular formula is C27H46O6S. The van der Waals surface area contributed by atoms with E-state index < -0.39 is 16.1 Å². The summed E-state index contributed by atoms with van der Waals surface area (Å²) in [6, 6.07) is 6.26. The Morgan fingerprint density at radius 1 is 0.853 bits per heavy atom. The molecular weight excluding hydrogens is 452 g/mol. The van der Waals surface area contributed by atoms with E-state index in [1.807, 2.05) is 0 Å². The Hall–Kier alpha value is -1.70. The van der Waals surface area contributed by atoms with Crippen LogP contribution in [0.5, 0.6) is 0 Å². The molecule has 196 valence electrons. The number of allylic oxidation sites excluding steroid dienone is 1. The van der Waals surface area contributed by atoms with Crippen LogP contribution in [0.1, 0.15) is 115 Å². The third kappa shape index (κ3) is 17.7. The summed E-state index contributed by atoms with van der Waals surface area (Å²) in [6.45, 7) is 5.78. The number of hydrogen-bond donors (Lipinski definition) is 2. The van der Waals surface area contributed by atoms with Gasteiger partial charge in [-0.2, -0.15) is 8.42 Å². The Bertz CT molecular complexity index is 745. The van der Waals surface area contributed by atoms with Crippen molar-refractivity contribution in [2.45, 2.75) is 121 Å². The van der Waals surface area contributed by atoms with E-state index in [0.29, 0.717) is 18.4 Å². The molecule has 7 heteroatoms. The number of carboxylic acid groups (broad SMARTS) is 1. The smallest absolute Gasteiger partial charge is 0.323 e. The number of hydrogen-bond acceptors (Lipinski definition) is 5. The molecule has 0 saturated carbocycles. The molecule has 2 N–H and O–H groups in total. The fourth-order valence-electron chi connectivity index (χ4n) is 3.76. The zero-order valence-corrected chi connectivity index (χ0v) is 21.9. The zero-order chi connectivity index (χ0) is 25.5. The highest BCUT2D eigenvalue weighted by molar-refractivity contribution is 7.86. The van der Waals surface area contributed by atoms with E-state index in [-0.39, 0.29) is 4.90 Å². The normalized spacial score (nSPS) is 11.0. The van der Waals surface area contributed by atoms with Gasteiger partial charge in [-0.25, -0.2) is 5.26 Å². The predicted molar refractivity (Wildman–Crippen MR) is 138 cm³/mol. The molecule has 34 heavy (non-hydrogen) atoms. The van der Waals surface area contributed by atoms with Crippen LogP contribution in [0.3, 0.4) is 0 Å². The maximum Gasteiger partial charge on any atom is 0.323 e. The number of benzene rings is 1. The number of rotatable bonds is 20. The van der Waals surface area contributed by atoms with Gasteiger partial charge in [0.1, 0.15) is 0 Å². The van der Waals surface area contributed by atoms with Gasteiger partial charge in [-0.1, -0.05) is 121 Å². The maximum absolute atomic E-state index is 11.2. The van der Waals surface area contributed by atoms with Crippen LogP contribution in [0.2, 0.25) is 0 Å². The minimum absolute atomic E-state index is 0.0394. The van der Waals surface area contributed by atoms with E-state index in [9.17, 15) is 13.2 Å². The van der Waals surface area contributed by atoms with Crippen LogP contribution >= 0.6 is 0 Å². The highest BCUT2D eigenvalue weighted by atomic mass is 32.2. The van der Waals surface area contributed by atoms with Crippen molar-refractivity contribution in [3.8, 4) is 0 Å². The molecule has 1 aromatic carbocycles. The lowest BCUT2D eigenvalue weighted by atomic mass is 10.0. The maximum atomic E-state index is 11.2. The summed E-state index contributed by atoms with van der Waals surface area (Å²) >= 11 is 0. The standard InChI is InChI=1S/C18H36O2.C9H10O4S/c1-2-3-4-5-6-7-8-9-10-11-12-13-14-15-16-17-18(19)20;1-2-5-8-6-3-4-7-9(8)14(11,12)13-10/h2-17H2,1H3,(H,19,20);2-4,6-7,10H,1,5H2. The lowest BCUT2D eigenvalue weighted by Gasteiger charge is -2.04. The second-order valence-electron chi connectivity index (χ2n) is 8.72. The third-order valence-corrected chi connectivity index (χ3v) is 6.83. The van der Waals surface area contributed by atoms with Gasteiger partial charge < -0.3 is 5.11 Å². The second kappa shape index (κ2) is 21.8. The molecule has 0 radical (unpaired) electrons. The summed E-state index contributed by atoms with van der Waals surface area (Å²) in [4.78, 5) is 10.3. The minimum Gasteiger partial charge on any atom is -0.481 e. The van der Waals surface area contributed by atoms with Gasteiger partial charge in [0, 0.05) is 6.42 Å². The molecule has 0 heterocycles. The average Bonchev–Trinajstić information content (AvgIpc) is 2.82. The van der Waals surface area contributed by atoms with Crippen molar-refractivity contribution in [2.24, 2.45) is 0 Å². The Morgan fingerprint density at radius 2 is 1.29 bits per heavy atom. The summed E-state index contributed by atoms with van der Waals surface area (Å²) in [5.74, 6) is -0.653. The number of unbranched alkanes of at least 4 members (excludes halogenated alkanes) is 14. The first-order valence-electron chi connectivity index (χ1n) is 12.9. The van der Waals surface area contributed by atoms with Gasteiger partial charge in [-0.3, -0.25) is 4.79 Å². The fraction of sp³-hybridized carbons (Fsp3) is 0.667. The van der Waals surface area contributed by atoms with Crippen LogP contribution < -0.4 is 0 Å². The van der Waals surface area contributed by atoms with E-state index in [2.05, 4.69) is 17.8 Å². The van der Waals surface area contributed by atoms with Crippen molar-refractivity contribution in [3.63, 3.8) is 0 Å². The molecule has 0 aliphatic rings. The van der Waals surface area contributed by atoms with Crippen LogP contribution in [0.4, 0.5) is 0 Å². The van der Waals surface area contributed by atoms with Crippen LogP contribution in [-0.2, 0) is 25.7 Å². The van der Waals surface area contributed by atoms with E-state index >= 15 is 0 Å². The van der Waals surface area contributed by atoms with Gasteiger partial charge in [0.05, 0.1) is 4.90 Å². The molecule has 6 nitrogen and oxygen atoms in total. The molecule has 0 aliphatic carbocycles. The van der Waals surface area contributed by atoms with Crippen molar-refractivity contribution in [1.29, 1.82) is 0 Å². The topological polar surface area (TPSA) is 101 Å². The van der Waals surface area contributed by atoms with Crippen LogP contribution in [0.15, 0.2) is 41.8 Å². The van der Waals surface area contributed by atoms with Crippen molar-refractivity contribution in [1.82, 2.24) is 0 Å². The molecule has 0 aliphatic heterocycles. The minimum atomic E-state index is -4.04. The van der Waals surface area contributed by atoms with Gasteiger partial charge in [0.15, 0.2) is 0 Å². The van der Waals surface area contributed by atoms with Gasteiger partial charge in [0.25, 0.3) is 0 Å². The Morgan fingerprint density at radius 3 is 1.71 bits per heavy atom. The lowest BCUT2D eigenvalue weighted by Crippen LogP contribution is -2.06. The largest absolute Gasteiger partial charge is 0.481 e. The lowest BCUT2D eigenvalue weighted by molar-refractivity contribution is -0.137. The third-order valence-electron chi connectivity index (χ3n) is 5.70. The van der Waals surface area contributed by atoms with Crippen molar-refractivity contribution < 1.29 is 27.9 Å². The Labute approximate surface area is 207 Å². The van der Waals surface area contributed by atoms with Gasteiger partial charge in [0.2, 0.25) is 0 Å². The highest BCUT2D eigenvalue weighted by Gasteiger charge is 2.17. The molecule has 0 amide bonds. The first-order valence-corrected chi connectivity index (χ1v) is 14.3. The molecule has 0 bridgehead atoms. The molecule has 1 rings (SSSR count). The molecule has 0 aromatic heterocycles.